The molecule has 124 valence electrons. The first-order valence-corrected chi connectivity index (χ1v) is 8.30. The molecule has 2 fully saturated rings. The highest BCUT2D eigenvalue weighted by Crippen LogP contribution is 2.23. The molecule has 2 atom stereocenters. The van der Waals surface area contributed by atoms with Gasteiger partial charge in [-0.1, -0.05) is 13.8 Å². The molecule has 5 heteroatoms. The van der Waals surface area contributed by atoms with Crippen LogP contribution in [-0.4, -0.2) is 50.3 Å². The second kappa shape index (κ2) is 9.87. The molecule has 21 heavy (non-hydrogen) atoms. The lowest BCUT2D eigenvalue weighted by Gasteiger charge is -2.22. The summed E-state index contributed by atoms with van der Waals surface area (Å²) in [5.41, 5.74) is 0. The Morgan fingerprint density at radius 2 is 2.14 bits per heavy atom. The van der Waals surface area contributed by atoms with E-state index in [1.54, 1.807) is 0 Å². The molecule has 2 saturated heterocycles. The summed E-state index contributed by atoms with van der Waals surface area (Å²) in [4.78, 5) is 7.29. The zero-order chi connectivity index (χ0) is 14.4. The van der Waals surface area contributed by atoms with E-state index in [1.165, 1.54) is 25.8 Å². The third-order valence-corrected chi connectivity index (χ3v) is 4.25. The van der Waals surface area contributed by atoms with Crippen LogP contribution in [0, 0.1) is 17.8 Å². The van der Waals surface area contributed by atoms with Crippen LogP contribution in [0.1, 0.15) is 40.0 Å². The van der Waals surface area contributed by atoms with Crippen molar-refractivity contribution in [3.05, 3.63) is 0 Å². The smallest absolute Gasteiger partial charge is 0.193 e. The molecule has 0 bridgehead atoms. The Morgan fingerprint density at radius 1 is 1.33 bits per heavy atom. The highest BCUT2D eigenvalue weighted by molar-refractivity contribution is 14.0. The van der Waals surface area contributed by atoms with E-state index in [2.05, 4.69) is 31.0 Å². The molecule has 0 aromatic heterocycles. The van der Waals surface area contributed by atoms with Crippen molar-refractivity contribution in [3.63, 3.8) is 0 Å². The standard InChI is InChI=1S/C16H31N3O.HI/c1-4-17-16(18-10-15-6-8-20-12-15)19-7-5-14(11-19)9-13(2)3;/h13-15H,4-12H2,1-3H3,(H,17,18);1H. The third kappa shape index (κ3) is 6.30. The number of halogens is 1. The van der Waals surface area contributed by atoms with Crippen LogP contribution in [0.3, 0.4) is 0 Å². The first-order valence-electron chi connectivity index (χ1n) is 8.30. The second-order valence-corrected chi connectivity index (χ2v) is 6.65. The number of rotatable bonds is 5. The number of guanidine groups is 1. The van der Waals surface area contributed by atoms with E-state index in [0.29, 0.717) is 5.92 Å². The summed E-state index contributed by atoms with van der Waals surface area (Å²) in [6.45, 7) is 12.8. The fourth-order valence-electron chi connectivity index (χ4n) is 3.25. The van der Waals surface area contributed by atoms with Crippen LogP contribution in [0.4, 0.5) is 0 Å². The molecule has 2 aliphatic rings. The van der Waals surface area contributed by atoms with Crippen molar-refractivity contribution < 1.29 is 4.74 Å². The van der Waals surface area contributed by atoms with Gasteiger partial charge >= 0.3 is 0 Å². The number of nitrogens with one attached hydrogen (secondary N) is 1. The lowest BCUT2D eigenvalue weighted by Crippen LogP contribution is -2.40. The fraction of sp³-hybridized carbons (Fsp3) is 0.938. The zero-order valence-electron chi connectivity index (χ0n) is 13.8. The van der Waals surface area contributed by atoms with Crippen LogP contribution in [0.25, 0.3) is 0 Å². The number of likely N-dealkylation sites (tertiary alicyclic amines) is 1. The van der Waals surface area contributed by atoms with E-state index in [1.807, 2.05) is 0 Å². The quantitative estimate of drug-likeness (QED) is 0.431. The largest absolute Gasteiger partial charge is 0.381 e. The third-order valence-electron chi connectivity index (χ3n) is 4.25. The lowest BCUT2D eigenvalue weighted by molar-refractivity contribution is 0.187. The maximum atomic E-state index is 5.43. The summed E-state index contributed by atoms with van der Waals surface area (Å²) >= 11 is 0. The van der Waals surface area contributed by atoms with Crippen molar-refractivity contribution in [3.8, 4) is 0 Å². The summed E-state index contributed by atoms with van der Waals surface area (Å²) in [5.74, 6) is 3.38. The Bertz CT molecular complexity index is 317. The molecule has 0 amide bonds. The average Bonchev–Trinajstić information content (AvgIpc) is 3.05. The predicted molar refractivity (Wildman–Crippen MR) is 99.5 cm³/mol. The first-order chi connectivity index (χ1) is 9.69. The molecule has 2 heterocycles. The van der Waals surface area contributed by atoms with Gasteiger partial charge in [-0.2, -0.15) is 0 Å². The molecular weight excluding hydrogens is 377 g/mol. The predicted octanol–water partition coefficient (Wildman–Crippen LogP) is 2.97. The number of hydrogen-bond acceptors (Lipinski definition) is 2. The number of hydrogen-bond donors (Lipinski definition) is 1. The highest BCUT2D eigenvalue weighted by Gasteiger charge is 2.25. The molecular formula is C16H32IN3O. The van der Waals surface area contributed by atoms with Gasteiger partial charge < -0.3 is 15.0 Å². The van der Waals surface area contributed by atoms with Gasteiger partial charge in [0.2, 0.25) is 0 Å². The van der Waals surface area contributed by atoms with Crippen LogP contribution in [-0.2, 0) is 4.74 Å². The van der Waals surface area contributed by atoms with E-state index in [9.17, 15) is 0 Å². The van der Waals surface area contributed by atoms with Crippen LogP contribution in [0.15, 0.2) is 4.99 Å². The lowest BCUT2D eigenvalue weighted by atomic mass is 9.97. The van der Waals surface area contributed by atoms with Gasteiger partial charge in [-0.25, -0.2) is 0 Å². The topological polar surface area (TPSA) is 36.9 Å². The SMILES string of the molecule is CCNC(=NCC1CCOC1)N1CCC(CC(C)C)C1.I. The molecule has 2 aliphatic heterocycles. The van der Waals surface area contributed by atoms with E-state index in [4.69, 9.17) is 9.73 Å². The maximum Gasteiger partial charge on any atom is 0.193 e. The summed E-state index contributed by atoms with van der Waals surface area (Å²) in [6.07, 6.45) is 3.82. The molecule has 1 N–H and O–H groups in total. The molecule has 0 aromatic rings. The van der Waals surface area contributed by atoms with E-state index < -0.39 is 0 Å². The number of nitrogens with zero attached hydrogens (tertiary/aromatic N) is 2. The Morgan fingerprint density at radius 3 is 2.76 bits per heavy atom. The maximum absolute atomic E-state index is 5.43. The van der Waals surface area contributed by atoms with Gasteiger partial charge in [-0.05, 0) is 38.0 Å². The van der Waals surface area contributed by atoms with E-state index in [-0.39, 0.29) is 24.0 Å². The molecule has 0 saturated carbocycles. The Hall–Kier alpha value is -0.0400. The number of aliphatic imine (C=N–C) groups is 1. The summed E-state index contributed by atoms with van der Waals surface area (Å²) in [5, 5.41) is 3.46. The Labute approximate surface area is 147 Å². The second-order valence-electron chi connectivity index (χ2n) is 6.65. The summed E-state index contributed by atoms with van der Waals surface area (Å²) < 4.78 is 5.43. The van der Waals surface area contributed by atoms with E-state index >= 15 is 0 Å². The normalized spacial score (nSPS) is 26.3. The molecule has 4 nitrogen and oxygen atoms in total. The molecule has 0 spiro atoms. The highest BCUT2D eigenvalue weighted by atomic mass is 127. The summed E-state index contributed by atoms with van der Waals surface area (Å²) in [6, 6.07) is 0. The average molecular weight is 409 g/mol. The van der Waals surface area contributed by atoms with Gasteiger partial charge in [0.25, 0.3) is 0 Å². The fourth-order valence-corrected chi connectivity index (χ4v) is 3.25. The molecule has 2 rings (SSSR count). The molecule has 0 aromatic carbocycles. The van der Waals surface area contributed by atoms with Gasteiger partial charge in [0, 0.05) is 38.7 Å². The Kier molecular flexibility index (Phi) is 8.94. The van der Waals surface area contributed by atoms with Crippen molar-refractivity contribution in [1.29, 1.82) is 0 Å². The summed E-state index contributed by atoms with van der Waals surface area (Å²) in [7, 11) is 0. The Balaban J connectivity index is 0.00000220. The van der Waals surface area contributed by atoms with E-state index in [0.717, 1.165) is 50.6 Å². The van der Waals surface area contributed by atoms with Crippen molar-refractivity contribution in [2.75, 3.05) is 39.4 Å². The zero-order valence-corrected chi connectivity index (χ0v) is 16.1. The van der Waals surface area contributed by atoms with Crippen LogP contribution >= 0.6 is 24.0 Å². The van der Waals surface area contributed by atoms with Crippen LogP contribution < -0.4 is 5.32 Å². The molecule has 2 unspecified atom stereocenters. The van der Waals surface area contributed by atoms with Gasteiger partial charge in [-0.15, -0.1) is 24.0 Å². The van der Waals surface area contributed by atoms with Crippen LogP contribution in [0.5, 0.6) is 0 Å². The molecule has 0 radical (unpaired) electrons. The van der Waals surface area contributed by atoms with Crippen LogP contribution in [0.2, 0.25) is 0 Å². The first kappa shape index (κ1) is 19.0. The van der Waals surface area contributed by atoms with Crippen molar-refractivity contribution >= 4 is 29.9 Å². The van der Waals surface area contributed by atoms with Crippen molar-refractivity contribution in [2.45, 2.75) is 40.0 Å². The van der Waals surface area contributed by atoms with Gasteiger partial charge in [0.05, 0.1) is 6.61 Å². The van der Waals surface area contributed by atoms with Crippen molar-refractivity contribution in [2.24, 2.45) is 22.7 Å². The van der Waals surface area contributed by atoms with Crippen molar-refractivity contribution in [1.82, 2.24) is 10.2 Å². The minimum Gasteiger partial charge on any atom is -0.381 e. The monoisotopic (exact) mass is 409 g/mol. The minimum atomic E-state index is 0. The van der Waals surface area contributed by atoms with Gasteiger partial charge in [-0.3, -0.25) is 4.99 Å². The molecule has 0 aliphatic carbocycles. The minimum absolute atomic E-state index is 0. The number of ether oxygens (including phenoxy) is 1. The van der Waals surface area contributed by atoms with Gasteiger partial charge in [0.1, 0.15) is 0 Å². The van der Waals surface area contributed by atoms with Gasteiger partial charge in [0.15, 0.2) is 5.96 Å².